The minimum absolute atomic E-state index is 0.211. The van der Waals surface area contributed by atoms with E-state index < -0.39 is 6.10 Å². The Kier molecular flexibility index (Phi) is 4.60. The first kappa shape index (κ1) is 14.5. The lowest BCUT2D eigenvalue weighted by Crippen LogP contribution is -2.12. The SMILES string of the molecule is CC(C)n1ncnc1CC(O)c1cccc(Br)c1Cl. The minimum atomic E-state index is -0.702. The molecule has 1 atom stereocenters. The van der Waals surface area contributed by atoms with E-state index in [4.69, 9.17) is 11.6 Å². The van der Waals surface area contributed by atoms with E-state index in [9.17, 15) is 5.11 Å². The van der Waals surface area contributed by atoms with Crippen molar-refractivity contribution < 1.29 is 5.11 Å². The van der Waals surface area contributed by atoms with Gasteiger partial charge in [-0.3, -0.25) is 0 Å². The molecule has 2 aromatic rings. The average molecular weight is 345 g/mol. The molecule has 0 spiro atoms. The van der Waals surface area contributed by atoms with Gasteiger partial charge in [-0.2, -0.15) is 5.10 Å². The van der Waals surface area contributed by atoms with Crippen molar-refractivity contribution in [2.45, 2.75) is 32.4 Å². The van der Waals surface area contributed by atoms with Crippen molar-refractivity contribution in [3.8, 4) is 0 Å². The van der Waals surface area contributed by atoms with E-state index in [1.54, 1.807) is 4.68 Å². The first-order valence-corrected chi connectivity index (χ1v) is 7.18. The molecule has 0 saturated heterocycles. The maximum Gasteiger partial charge on any atom is 0.138 e. The summed E-state index contributed by atoms with van der Waals surface area (Å²) in [6, 6.07) is 5.72. The maximum absolute atomic E-state index is 10.3. The molecule has 0 saturated carbocycles. The fourth-order valence-corrected chi connectivity index (χ4v) is 2.55. The highest BCUT2D eigenvalue weighted by Crippen LogP contribution is 2.31. The molecule has 102 valence electrons. The second-order valence-electron chi connectivity index (χ2n) is 4.58. The number of rotatable bonds is 4. The summed E-state index contributed by atoms with van der Waals surface area (Å²) in [6.45, 7) is 4.05. The van der Waals surface area contributed by atoms with Crippen molar-refractivity contribution >= 4 is 27.5 Å². The number of benzene rings is 1. The minimum Gasteiger partial charge on any atom is -0.388 e. The van der Waals surface area contributed by atoms with Gasteiger partial charge >= 0.3 is 0 Å². The number of aromatic nitrogens is 3. The average Bonchev–Trinajstić information content (AvgIpc) is 2.80. The predicted molar refractivity (Wildman–Crippen MR) is 78.2 cm³/mol. The fraction of sp³-hybridized carbons (Fsp3) is 0.385. The summed E-state index contributed by atoms with van der Waals surface area (Å²) in [4.78, 5) is 4.19. The van der Waals surface area contributed by atoms with E-state index >= 15 is 0 Å². The zero-order valence-electron chi connectivity index (χ0n) is 10.7. The van der Waals surface area contributed by atoms with Crippen molar-refractivity contribution in [3.63, 3.8) is 0 Å². The molecule has 0 amide bonds. The van der Waals surface area contributed by atoms with Gasteiger partial charge in [0.2, 0.25) is 0 Å². The summed E-state index contributed by atoms with van der Waals surface area (Å²) >= 11 is 9.53. The summed E-state index contributed by atoms with van der Waals surface area (Å²) in [5, 5.41) is 15.0. The van der Waals surface area contributed by atoms with Crippen molar-refractivity contribution in [1.82, 2.24) is 14.8 Å². The molecule has 1 N–H and O–H groups in total. The van der Waals surface area contributed by atoms with Gasteiger partial charge in [0.15, 0.2) is 0 Å². The molecule has 1 aromatic heterocycles. The van der Waals surface area contributed by atoms with Gasteiger partial charge < -0.3 is 5.11 Å². The molecule has 0 radical (unpaired) electrons. The first-order chi connectivity index (χ1) is 9.00. The van der Waals surface area contributed by atoms with Gasteiger partial charge in [-0.1, -0.05) is 23.7 Å². The van der Waals surface area contributed by atoms with Gasteiger partial charge in [0.25, 0.3) is 0 Å². The second-order valence-corrected chi connectivity index (χ2v) is 5.81. The Hall–Kier alpha value is -0.910. The molecule has 1 heterocycles. The molecule has 4 nitrogen and oxygen atoms in total. The molecule has 0 bridgehead atoms. The van der Waals surface area contributed by atoms with Crippen LogP contribution in [-0.2, 0) is 6.42 Å². The van der Waals surface area contributed by atoms with Crippen LogP contribution in [0.1, 0.15) is 37.4 Å². The highest BCUT2D eigenvalue weighted by Gasteiger charge is 2.17. The molecule has 19 heavy (non-hydrogen) atoms. The van der Waals surface area contributed by atoms with Crippen LogP contribution in [0.4, 0.5) is 0 Å². The van der Waals surface area contributed by atoms with Crippen molar-refractivity contribution in [2.24, 2.45) is 0 Å². The monoisotopic (exact) mass is 343 g/mol. The third-order valence-corrected chi connectivity index (χ3v) is 4.16. The van der Waals surface area contributed by atoms with Crippen LogP contribution in [0, 0.1) is 0 Å². The van der Waals surface area contributed by atoms with E-state index in [0.717, 1.165) is 10.3 Å². The summed E-state index contributed by atoms with van der Waals surface area (Å²) in [5.74, 6) is 0.749. The topological polar surface area (TPSA) is 50.9 Å². The lowest BCUT2D eigenvalue weighted by atomic mass is 10.1. The Balaban J connectivity index is 2.23. The molecule has 1 unspecified atom stereocenters. The molecular weight excluding hydrogens is 330 g/mol. The van der Waals surface area contributed by atoms with Crippen LogP contribution >= 0.6 is 27.5 Å². The van der Waals surface area contributed by atoms with Crippen LogP contribution in [0.25, 0.3) is 0 Å². The summed E-state index contributed by atoms with van der Waals surface area (Å²) < 4.78 is 2.57. The van der Waals surface area contributed by atoms with Crippen LogP contribution in [0.3, 0.4) is 0 Å². The summed E-state index contributed by atoms with van der Waals surface area (Å²) in [5.41, 5.74) is 0.689. The lowest BCUT2D eigenvalue weighted by molar-refractivity contribution is 0.173. The predicted octanol–water partition coefficient (Wildman–Crippen LogP) is 3.55. The third kappa shape index (κ3) is 3.16. The smallest absolute Gasteiger partial charge is 0.138 e. The van der Waals surface area contributed by atoms with Crippen LogP contribution in [0.15, 0.2) is 29.0 Å². The highest BCUT2D eigenvalue weighted by molar-refractivity contribution is 9.10. The molecule has 0 aliphatic rings. The number of hydrogen-bond acceptors (Lipinski definition) is 3. The number of aliphatic hydroxyl groups excluding tert-OH is 1. The van der Waals surface area contributed by atoms with Crippen LogP contribution in [0.2, 0.25) is 5.02 Å². The number of nitrogens with zero attached hydrogens (tertiary/aromatic N) is 3. The molecule has 6 heteroatoms. The fourth-order valence-electron chi connectivity index (χ4n) is 1.91. The zero-order chi connectivity index (χ0) is 14.0. The van der Waals surface area contributed by atoms with Gasteiger partial charge in [0, 0.05) is 22.5 Å². The van der Waals surface area contributed by atoms with Crippen LogP contribution in [0.5, 0.6) is 0 Å². The van der Waals surface area contributed by atoms with E-state index in [1.807, 2.05) is 32.0 Å². The molecule has 1 aromatic carbocycles. The zero-order valence-corrected chi connectivity index (χ0v) is 13.1. The van der Waals surface area contributed by atoms with E-state index in [2.05, 4.69) is 26.0 Å². The van der Waals surface area contributed by atoms with Gasteiger partial charge in [0.05, 0.1) is 11.1 Å². The maximum atomic E-state index is 10.3. The normalized spacial score (nSPS) is 12.9. The first-order valence-electron chi connectivity index (χ1n) is 6.01. The van der Waals surface area contributed by atoms with E-state index in [0.29, 0.717) is 17.0 Å². The quantitative estimate of drug-likeness (QED) is 0.923. The third-order valence-electron chi connectivity index (χ3n) is 2.85. The lowest BCUT2D eigenvalue weighted by Gasteiger charge is -2.15. The van der Waals surface area contributed by atoms with Crippen molar-refractivity contribution in [2.75, 3.05) is 0 Å². The van der Waals surface area contributed by atoms with Gasteiger partial charge in [0.1, 0.15) is 12.2 Å². The van der Waals surface area contributed by atoms with Crippen molar-refractivity contribution in [3.05, 3.63) is 45.4 Å². The number of aliphatic hydroxyl groups is 1. The summed E-state index contributed by atoms with van der Waals surface area (Å²) in [6.07, 6.45) is 1.19. The molecular formula is C13H15BrClN3O. The van der Waals surface area contributed by atoms with Gasteiger partial charge in [-0.25, -0.2) is 9.67 Å². The Labute approximate surface area is 125 Å². The number of hydrogen-bond donors (Lipinski definition) is 1. The molecule has 0 aliphatic heterocycles. The molecule has 2 rings (SSSR count). The van der Waals surface area contributed by atoms with E-state index in [1.165, 1.54) is 6.33 Å². The summed E-state index contributed by atoms with van der Waals surface area (Å²) in [7, 11) is 0. The number of halogens is 2. The van der Waals surface area contributed by atoms with Crippen LogP contribution < -0.4 is 0 Å². The molecule has 0 aliphatic carbocycles. The van der Waals surface area contributed by atoms with Crippen LogP contribution in [-0.4, -0.2) is 19.9 Å². The van der Waals surface area contributed by atoms with Gasteiger partial charge in [-0.15, -0.1) is 0 Å². The Morgan fingerprint density at radius 3 is 2.84 bits per heavy atom. The second kappa shape index (κ2) is 6.03. The Morgan fingerprint density at radius 1 is 1.42 bits per heavy atom. The largest absolute Gasteiger partial charge is 0.388 e. The van der Waals surface area contributed by atoms with Gasteiger partial charge in [-0.05, 0) is 35.8 Å². The molecule has 0 fully saturated rings. The van der Waals surface area contributed by atoms with Crippen molar-refractivity contribution in [1.29, 1.82) is 0 Å². The van der Waals surface area contributed by atoms with E-state index in [-0.39, 0.29) is 6.04 Å². The Bertz CT molecular complexity index is 571. The highest BCUT2D eigenvalue weighted by atomic mass is 79.9. The Morgan fingerprint density at radius 2 is 2.16 bits per heavy atom. The standard InChI is InChI=1S/C13H15BrClN3O/c1-8(2)18-12(16-7-17-18)6-11(19)9-4-3-5-10(14)13(9)15/h3-5,7-8,11,19H,6H2,1-2H3.